The highest BCUT2D eigenvalue weighted by molar-refractivity contribution is 7.99. The summed E-state index contributed by atoms with van der Waals surface area (Å²) >= 11 is 3.12. The highest BCUT2D eigenvalue weighted by atomic mass is 32.2. The van der Waals surface area contributed by atoms with Gasteiger partial charge in [0.25, 0.3) is 5.56 Å². The molecule has 0 unspecified atom stereocenters. The van der Waals surface area contributed by atoms with Gasteiger partial charge in [0.05, 0.1) is 17.7 Å². The first kappa shape index (κ1) is 18.8. The van der Waals surface area contributed by atoms with Crippen LogP contribution in [0.1, 0.15) is 28.4 Å². The molecule has 1 aromatic carbocycles. The van der Waals surface area contributed by atoms with Gasteiger partial charge in [-0.2, -0.15) is 0 Å². The molecule has 0 aliphatic rings. The summed E-state index contributed by atoms with van der Waals surface area (Å²) in [4.78, 5) is 26.6. The Morgan fingerprint density at radius 2 is 2.00 bits per heavy atom. The van der Waals surface area contributed by atoms with Crippen LogP contribution in [-0.4, -0.2) is 26.6 Å². The standard InChI is InChI=1S/C20H20N4O2S2/c1-11-12(2)27-19-16(11)18(25)22-17(23-19)13(3)28-20-21-9-10-24(20)14-5-7-15(26-4)8-6-14/h5-10,13H,1-4H3,(H,22,23,25)/t13-/m0/s1. The van der Waals surface area contributed by atoms with Crippen LogP contribution in [0.3, 0.4) is 0 Å². The highest BCUT2D eigenvalue weighted by Crippen LogP contribution is 2.34. The SMILES string of the molecule is COc1ccc(-n2ccnc2S[C@@H](C)c2nc3sc(C)c(C)c3c(=O)[nH]2)cc1. The number of fused-ring (bicyclic) bond motifs is 1. The van der Waals surface area contributed by atoms with Crippen molar-refractivity contribution >= 4 is 33.3 Å². The van der Waals surface area contributed by atoms with Crippen LogP contribution in [0.15, 0.2) is 46.6 Å². The Labute approximate surface area is 170 Å². The molecule has 0 bridgehead atoms. The Bertz CT molecular complexity index is 1190. The Kier molecular flexibility index (Phi) is 4.99. The van der Waals surface area contributed by atoms with Gasteiger partial charge in [0, 0.05) is 23.0 Å². The largest absolute Gasteiger partial charge is 0.497 e. The van der Waals surface area contributed by atoms with Crippen LogP contribution in [-0.2, 0) is 0 Å². The first-order valence-electron chi connectivity index (χ1n) is 8.82. The summed E-state index contributed by atoms with van der Waals surface area (Å²) in [5.74, 6) is 1.47. The average molecular weight is 413 g/mol. The molecule has 1 atom stereocenters. The monoisotopic (exact) mass is 412 g/mol. The number of thioether (sulfide) groups is 1. The normalized spacial score (nSPS) is 12.4. The first-order valence-corrected chi connectivity index (χ1v) is 10.5. The van der Waals surface area contributed by atoms with Crippen molar-refractivity contribution < 1.29 is 4.74 Å². The number of hydrogen-bond acceptors (Lipinski definition) is 6. The molecule has 0 fully saturated rings. The second-order valence-corrected chi connectivity index (χ2v) is 8.96. The predicted octanol–water partition coefficient (Wildman–Crippen LogP) is 4.65. The van der Waals surface area contributed by atoms with Crippen molar-refractivity contribution in [3.63, 3.8) is 0 Å². The van der Waals surface area contributed by atoms with Crippen LogP contribution in [0.25, 0.3) is 15.9 Å². The quantitative estimate of drug-likeness (QED) is 0.483. The van der Waals surface area contributed by atoms with E-state index in [2.05, 4.69) is 9.97 Å². The number of nitrogens with one attached hydrogen (secondary N) is 1. The second-order valence-electron chi connectivity index (χ2n) is 6.45. The first-order chi connectivity index (χ1) is 13.5. The predicted molar refractivity (Wildman–Crippen MR) is 114 cm³/mol. The zero-order valence-electron chi connectivity index (χ0n) is 16.0. The fourth-order valence-corrected chi connectivity index (χ4v) is 4.97. The molecule has 0 aliphatic heterocycles. The van der Waals surface area contributed by atoms with Gasteiger partial charge in [-0.05, 0) is 50.6 Å². The van der Waals surface area contributed by atoms with E-state index in [0.717, 1.165) is 31.9 Å². The van der Waals surface area contributed by atoms with E-state index in [1.165, 1.54) is 0 Å². The van der Waals surface area contributed by atoms with Crippen molar-refractivity contribution in [2.24, 2.45) is 0 Å². The number of methoxy groups -OCH3 is 1. The molecule has 6 nitrogen and oxygen atoms in total. The van der Waals surface area contributed by atoms with Crippen molar-refractivity contribution in [2.45, 2.75) is 31.2 Å². The van der Waals surface area contributed by atoms with E-state index in [9.17, 15) is 4.79 Å². The Hall–Kier alpha value is -2.58. The molecule has 3 aromatic heterocycles. The van der Waals surface area contributed by atoms with Gasteiger partial charge in [-0.25, -0.2) is 9.97 Å². The molecule has 0 saturated heterocycles. The minimum absolute atomic E-state index is 0.0563. The number of aromatic amines is 1. The van der Waals surface area contributed by atoms with Gasteiger partial charge in [-0.15, -0.1) is 11.3 Å². The van der Waals surface area contributed by atoms with Gasteiger partial charge in [0.1, 0.15) is 16.4 Å². The number of ether oxygens (including phenoxy) is 1. The third-order valence-electron chi connectivity index (χ3n) is 4.68. The fourth-order valence-electron chi connectivity index (χ4n) is 2.99. The topological polar surface area (TPSA) is 72.8 Å². The molecule has 4 aromatic rings. The lowest BCUT2D eigenvalue weighted by molar-refractivity contribution is 0.414. The van der Waals surface area contributed by atoms with Crippen LogP contribution in [0.4, 0.5) is 0 Å². The molecular weight excluding hydrogens is 392 g/mol. The summed E-state index contributed by atoms with van der Waals surface area (Å²) in [6.45, 7) is 6.01. The lowest BCUT2D eigenvalue weighted by Crippen LogP contribution is -2.12. The number of thiophene rings is 1. The van der Waals surface area contributed by atoms with E-state index >= 15 is 0 Å². The minimum atomic E-state index is -0.0761. The van der Waals surface area contributed by atoms with Crippen LogP contribution in [0, 0.1) is 13.8 Å². The summed E-state index contributed by atoms with van der Waals surface area (Å²) in [5.41, 5.74) is 1.93. The third kappa shape index (κ3) is 3.33. The third-order valence-corrected chi connectivity index (χ3v) is 6.87. The van der Waals surface area contributed by atoms with Gasteiger partial charge >= 0.3 is 0 Å². The number of nitrogens with zero attached hydrogens (tertiary/aromatic N) is 3. The number of aromatic nitrogens is 4. The Balaban J connectivity index is 1.64. The smallest absolute Gasteiger partial charge is 0.259 e. The van der Waals surface area contributed by atoms with E-state index in [4.69, 9.17) is 9.72 Å². The van der Waals surface area contributed by atoms with E-state index in [1.54, 1.807) is 36.4 Å². The van der Waals surface area contributed by atoms with Crippen molar-refractivity contribution in [1.82, 2.24) is 19.5 Å². The van der Waals surface area contributed by atoms with Crippen LogP contribution >= 0.6 is 23.1 Å². The molecule has 0 amide bonds. The van der Waals surface area contributed by atoms with Gasteiger partial charge in [0.15, 0.2) is 5.16 Å². The van der Waals surface area contributed by atoms with Crippen molar-refractivity contribution in [3.05, 3.63) is 63.3 Å². The summed E-state index contributed by atoms with van der Waals surface area (Å²) in [6, 6.07) is 7.81. The summed E-state index contributed by atoms with van der Waals surface area (Å²) < 4.78 is 7.24. The highest BCUT2D eigenvalue weighted by Gasteiger charge is 2.18. The number of H-pyrrole nitrogens is 1. The Morgan fingerprint density at radius 1 is 1.25 bits per heavy atom. The Morgan fingerprint density at radius 3 is 2.71 bits per heavy atom. The summed E-state index contributed by atoms with van der Waals surface area (Å²) in [5, 5.41) is 1.47. The van der Waals surface area contributed by atoms with Crippen molar-refractivity contribution in [1.29, 1.82) is 0 Å². The maximum absolute atomic E-state index is 12.6. The number of hydrogen-bond donors (Lipinski definition) is 1. The fraction of sp³-hybridized carbons (Fsp3) is 0.250. The molecule has 0 radical (unpaired) electrons. The summed E-state index contributed by atoms with van der Waals surface area (Å²) in [6.07, 6.45) is 3.69. The van der Waals surface area contributed by atoms with Gasteiger partial charge in [-0.3, -0.25) is 9.36 Å². The molecule has 0 aliphatic carbocycles. The van der Waals surface area contributed by atoms with Crippen LogP contribution in [0.2, 0.25) is 0 Å². The van der Waals surface area contributed by atoms with Gasteiger partial charge in [0.2, 0.25) is 0 Å². The number of aryl methyl sites for hydroxylation is 2. The van der Waals surface area contributed by atoms with Crippen molar-refractivity contribution in [3.8, 4) is 11.4 Å². The molecular formula is C20H20N4O2S2. The number of benzene rings is 1. The summed E-state index contributed by atoms with van der Waals surface area (Å²) in [7, 11) is 1.65. The molecule has 144 valence electrons. The van der Waals surface area contributed by atoms with E-state index in [-0.39, 0.29) is 10.8 Å². The lowest BCUT2D eigenvalue weighted by Gasteiger charge is -2.12. The van der Waals surface area contributed by atoms with E-state index in [0.29, 0.717) is 11.2 Å². The second kappa shape index (κ2) is 7.44. The lowest BCUT2D eigenvalue weighted by atomic mass is 10.2. The molecule has 1 N–H and O–H groups in total. The van der Waals surface area contributed by atoms with Gasteiger partial charge in [-0.1, -0.05) is 11.8 Å². The maximum atomic E-state index is 12.6. The maximum Gasteiger partial charge on any atom is 0.259 e. The van der Waals surface area contributed by atoms with Crippen molar-refractivity contribution in [2.75, 3.05) is 7.11 Å². The van der Waals surface area contributed by atoms with Crippen LogP contribution in [0.5, 0.6) is 5.75 Å². The molecule has 28 heavy (non-hydrogen) atoms. The van der Waals surface area contributed by atoms with E-state index < -0.39 is 0 Å². The van der Waals surface area contributed by atoms with Crippen LogP contribution < -0.4 is 10.3 Å². The zero-order chi connectivity index (χ0) is 19.8. The number of rotatable bonds is 5. The molecule has 3 heterocycles. The molecule has 4 rings (SSSR count). The average Bonchev–Trinajstić information content (AvgIpc) is 3.26. The minimum Gasteiger partial charge on any atom is -0.497 e. The van der Waals surface area contributed by atoms with Gasteiger partial charge < -0.3 is 9.72 Å². The van der Waals surface area contributed by atoms with E-state index in [1.807, 2.05) is 55.8 Å². The number of imidazole rings is 1. The molecule has 8 heteroatoms. The molecule has 0 spiro atoms. The zero-order valence-corrected chi connectivity index (χ0v) is 17.6. The molecule has 0 saturated carbocycles.